The Bertz CT molecular complexity index is 92.2. The number of hydrogen-bond acceptors (Lipinski definition) is 0. The van der Waals surface area contributed by atoms with E-state index in [1.54, 1.807) is 0 Å². The average molecular weight is 124 g/mol. The van der Waals surface area contributed by atoms with Crippen LogP contribution in [0.5, 0.6) is 0 Å². The molecule has 9 heavy (non-hydrogen) atoms. The van der Waals surface area contributed by atoms with Gasteiger partial charge in [-0.1, -0.05) is 31.9 Å². The highest BCUT2D eigenvalue weighted by molar-refractivity contribution is 4.84. The van der Waals surface area contributed by atoms with Crippen molar-refractivity contribution in [1.29, 1.82) is 0 Å². The first kappa shape index (κ1) is 6.85. The first-order valence-corrected chi connectivity index (χ1v) is 4.04. The molecule has 0 amide bonds. The molecule has 1 unspecified atom stereocenters. The van der Waals surface area contributed by atoms with Gasteiger partial charge < -0.3 is 0 Å². The van der Waals surface area contributed by atoms with Crippen molar-refractivity contribution in [2.24, 2.45) is 5.92 Å². The van der Waals surface area contributed by atoms with E-state index in [-0.39, 0.29) is 0 Å². The summed E-state index contributed by atoms with van der Waals surface area (Å²) < 4.78 is 0. The molecule has 0 radical (unpaired) electrons. The Morgan fingerprint density at radius 1 is 1.22 bits per heavy atom. The Labute approximate surface area is 58.0 Å². The van der Waals surface area contributed by atoms with Gasteiger partial charge in [0.05, 0.1) is 0 Å². The Hall–Kier alpha value is -0.260. The fourth-order valence-electron chi connectivity index (χ4n) is 1.32. The van der Waals surface area contributed by atoms with Gasteiger partial charge in [0.1, 0.15) is 0 Å². The van der Waals surface area contributed by atoms with Gasteiger partial charge in [-0.25, -0.2) is 0 Å². The quantitative estimate of drug-likeness (QED) is 0.435. The van der Waals surface area contributed by atoms with E-state index in [1.165, 1.54) is 32.1 Å². The summed E-state index contributed by atoms with van der Waals surface area (Å²) in [5.74, 6) is 0.932. The van der Waals surface area contributed by atoms with E-state index < -0.39 is 0 Å². The molecule has 0 aromatic heterocycles. The summed E-state index contributed by atoms with van der Waals surface area (Å²) in [5.41, 5.74) is 0. The predicted molar refractivity (Wildman–Crippen MR) is 41.4 cm³/mol. The maximum Gasteiger partial charge on any atom is -0.0325 e. The van der Waals surface area contributed by atoms with Crippen molar-refractivity contribution in [3.63, 3.8) is 0 Å². The normalized spacial score (nSPS) is 32.8. The summed E-state index contributed by atoms with van der Waals surface area (Å²) in [6.07, 6.45) is 11.6. The van der Waals surface area contributed by atoms with E-state index in [2.05, 4.69) is 19.1 Å². The van der Waals surface area contributed by atoms with Crippen LogP contribution in [-0.4, -0.2) is 0 Å². The summed E-state index contributed by atoms with van der Waals surface area (Å²) in [7, 11) is 0. The summed E-state index contributed by atoms with van der Waals surface area (Å²) in [4.78, 5) is 0. The largest absolute Gasteiger partial charge is 0.0885 e. The molecule has 0 nitrogen and oxygen atoms in total. The van der Waals surface area contributed by atoms with Crippen LogP contribution in [0, 0.1) is 5.92 Å². The maximum absolute atomic E-state index is 2.34. The van der Waals surface area contributed by atoms with Crippen LogP contribution in [0.3, 0.4) is 0 Å². The third-order valence-corrected chi connectivity index (χ3v) is 2.02. The highest BCUT2D eigenvalue weighted by Gasteiger charge is 2.00. The molecule has 0 saturated carbocycles. The summed E-state index contributed by atoms with van der Waals surface area (Å²) in [5, 5.41) is 0. The number of rotatable bonds is 0. The standard InChI is InChI=1S/C9H16/c1-9-7-5-3-2-4-6-8-9/h3,5,9H,2,4,6-8H2,1H3/b5-3-. The van der Waals surface area contributed by atoms with E-state index in [9.17, 15) is 0 Å². The van der Waals surface area contributed by atoms with E-state index in [0.29, 0.717) is 0 Å². The molecular weight excluding hydrogens is 108 g/mol. The molecule has 0 aliphatic heterocycles. The van der Waals surface area contributed by atoms with E-state index >= 15 is 0 Å². The Kier molecular flexibility index (Phi) is 2.82. The summed E-state index contributed by atoms with van der Waals surface area (Å²) in [6.45, 7) is 2.34. The first-order chi connectivity index (χ1) is 4.39. The van der Waals surface area contributed by atoms with Gasteiger partial charge in [-0.05, 0) is 25.2 Å². The molecule has 0 spiro atoms. The minimum Gasteiger partial charge on any atom is -0.0885 e. The SMILES string of the molecule is CC1C/C=C\CCCC1. The van der Waals surface area contributed by atoms with E-state index in [1.807, 2.05) is 0 Å². The van der Waals surface area contributed by atoms with Crippen LogP contribution < -0.4 is 0 Å². The Balaban J connectivity index is 2.28. The lowest BCUT2D eigenvalue weighted by atomic mass is 9.97. The molecule has 1 atom stereocenters. The minimum absolute atomic E-state index is 0.932. The Morgan fingerprint density at radius 3 is 3.00 bits per heavy atom. The van der Waals surface area contributed by atoms with Crippen LogP contribution in [0.15, 0.2) is 12.2 Å². The lowest BCUT2D eigenvalue weighted by molar-refractivity contribution is 0.495. The van der Waals surface area contributed by atoms with Crippen molar-refractivity contribution in [2.75, 3.05) is 0 Å². The second-order valence-electron chi connectivity index (χ2n) is 3.10. The van der Waals surface area contributed by atoms with Gasteiger partial charge in [0, 0.05) is 0 Å². The van der Waals surface area contributed by atoms with Gasteiger partial charge >= 0.3 is 0 Å². The maximum atomic E-state index is 2.34. The second-order valence-corrected chi connectivity index (χ2v) is 3.10. The zero-order chi connectivity index (χ0) is 6.53. The highest BCUT2D eigenvalue weighted by atomic mass is 14.1. The van der Waals surface area contributed by atoms with Gasteiger partial charge in [-0.15, -0.1) is 0 Å². The molecule has 1 aliphatic rings. The van der Waals surface area contributed by atoms with Gasteiger partial charge in [0.25, 0.3) is 0 Å². The monoisotopic (exact) mass is 124 g/mol. The van der Waals surface area contributed by atoms with Crippen molar-refractivity contribution < 1.29 is 0 Å². The Morgan fingerprint density at radius 2 is 2.11 bits per heavy atom. The molecule has 0 aromatic carbocycles. The van der Waals surface area contributed by atoms with Crippen molar-refractivity contribution in [1.82, 2.24) is 0 Å². The first-order valence-electron chi connectivity index (χ1n) is 4.04. The lowest BCUT2D eigenvalue weighted by Gasteiger charge is -2.09. The van der Waals surface area contributed by atoms with Gasteiger partial charge in [-0.2, -0.15) is 0 Å². The second kappa shape index (κ2) is 3.71. The van der Waals surface area contributed by atoms with Crippen LogP contribution in [0.4, 0.5) is 0 Å². The minimum atomic E-state index is 0.932. The molecular formula is C9H16. The van der Waals surface area contributed by atoms with Crippen LogP contribution >= 0.6 is 0 Å². The molecule has 0 heteroatoms. The van der Waals surface area contributed by atoms with Crippen LogP contribution in [0.25, 0.3) is 0 Å². The smallest absolute Gasteiger partial charge is 0.0325 e. The topological polar surface area (TPSA) is 0 Å². The van der Waals surface area contributed by atoms with E-state index in [4.69, 9.17) is 0 Å². The fraction of sp³-hybridized carbons (Fsp3) is 0.778. The van der Waals surface area contributed by atoms with Crippen molar-refractivity contribution in [3.05, 3.63) is 12.2 Å². The third kappa shape index (κ3) is 2.69. The zero-order valence-corrected chi connectivity index (χ0v) is 6.27. The van der Waals surface area contributed by atoms with Crippen molar-refractivity contribution in [3.8, 4) is 0 Å². The third-order valence-electron chi connectivity index (χ3n) is 2.02. The van der Waals surface area contributed by atoms with Crippen molar-refractivity contribution in [2.45, 2.75) is 39.0 Å². The molecule has 0 N–H and O–H groups in total. The number of hydrogen-bond donors (Lipinski definition) is 0. The molecule has 0 fully saturated rings. The fourth-order valence-corrected chi connectivity index (χ4v) is 1.32. The van der Waals surface area contributed by atoms with Gasteiger partial charge in [0.2, 0.25) is 0 Å². The van der Waals surface area contributed by atoms with Gasteiger partial charge in [0.15, 0.2) is 0 Å². The van der Waals surface area contributed by atoms with Crippen molar-refractivity contribution >= 4 is 0 Å². The molecule has 1 aliphatic carbocycles. The molecule has 0 heterocycles. The predicted octanol–water partition coefficient (Wildman–Crippen LogP) is 3.14. The number of allylic oxidation sites excluding steroid dienone is 2. The summed E-state index contributed by atoms with van der Waals surface area (Å²) >= 11 is 0. The van der Waals surface area contributed by atoms with Gasteiger partial charge in [-0.3, -0.25) is 0 Å². The van der Waals surface area contributed by atoms with E-state index in [0.717, 1.165) is 5.92 Å². The molecule has 0 bridgehead atoms. The molecule has 1 rings (SSSR count). The van der Waals surface area contributed by atoms with Crippen LogP contribution in [0.1, 0.15) is 39.0 Å². The summed E-state index contributed by atoms with van der Waals surface area (Å²) in [6, 6.07) is 0. The van der Waals surface area contributed by atoms with Crippen LogP contribution in [0.2, 0.25) is 0 Å². The molecule has 0 saturated heterocycles. The zero-order valence-electron chi connectivity index (χ0n) is 6.27. The molecule has 52 valence electrons. The van der Waals surface area contributed by atoms with Crippen LogP contribution in [-0.2, 0) is 0 Å². The molecule has 0 aromatic rings. The lowest BCUT2D eigenvalue weighted by Crippen LogP contribution is -1.94. The average Bonchev–Trinajstić information content (AvgIpc) is 1.79. The highest BCUT2D eigenvalue weighted by Crippen LogP contribution is 2.16.